The first kappa shape index (κ1) is 18.8. The third-order valence-electron chi connectivity index (χ3n) is 6.76. The summed E-state index contributed by atoms with van der Waals surface area (Å²) in [4.78, 5) is 40.1. The van der Waals surface area contributed by atoms with Gasteiger partial charge in [0.2, 0.25) is 11.8 Å². The van der Waals surface area contributed by atoms with Crippen LogP contribution >= 0.6 is 0 Å². The number of anilines is 1. The van der Waals surface area contributed by atoms with Gasteiger partial charge in [0.25, 0.3) is 0 Å². The van der Waals surface area contributed by atoms with Gasteiger partial charge in [0.1, 0.15) is 5.75 Å². The van der Waals surface area contributed by atoms with Gasteiger partial charge in [-0.3, -0.25) is 14.4 Å². The molecule has 0 unspecified atom stereocenters. The lowest BCUT2D eigenvalue weighted by atomic mass is 9.85. The summed E-state index contributed by atoms with van der Waals surface area (Å²) in [7, 11) is 0. The van der Waals surface area contributed by atoms with E-state index in [1.165, 1.54) is 4.90 Å². The van der Waals surface area contributed by atoms with Gasteiger partial charge in [-0.2, -0.15) is 0 Å². The average Bonchev–Trinajstić information content (AvgIpc) is 3.42. The molecule has 1 aliphatic heterocycles. The summed E-state index contributed by atoms with van der Waals surface area (Å²) in [6, 6.07) is 12.5. The Kier molecular flexibility index (Phi) is 4.35. The number of nitrogens with zero attached hydrogens (tertiary/aromatic N) is 1. The average molecular weight is 401 g/mol. The van der Waals surface area contributed by atoms with Crippen LogP contribution < -0.4 is 9.64 Å². The standard InChI is InChI=1S/C25H23NO4/c1-14-7-8-16(11-15(14)2)20(27)13-30-21-6-4-3-5-19(21)26-24(28)22-17-9-10-18(12-17)23(22)25(26)29/h3-11,17-18,22-23H,12-13H2,1-2H3/t17-,18-,22+,23+/m0/s1. The van der Waals surface area contributed by atoms with Crippen molar-refractivity contribution < 1.29 is 19.1 Å². The van der Waals surface area contributed by atoms with Crippen molar-refractivity contribution >= 4 is 23.3 Å². The van der Waals surface area contributed by atoms with E-state index in [0.717, 1.165) is 17.5 Å². The smallest absolute Gasteiger partial charge is 0.238 e. The van der Waals surface area contributed by atoms with Crippen molar-refractivity contribution in [1.82, 2.24) is 0 Å². The molecule has 0 spiro atoms. The summed E-state index contributed by atoms with van der Waals surface area (Å²) in [6.45, 7) is 3.80. The highest BCUT2D eigenvalue weighted by Gasteiger charge is 2.59. The number of fused-ring (bicyclic) bond motifs is 5. The molecular weight excluding hydrogens is 378 g/mol. The number of aryl methyl sites for hydroxylation is 2. The highest BCUT2D eigenvalue weighted by Crippen LogP contribution is 2.53. The number of Topliss-reactive ketones (excluding diaryl/α,β-unsaturated/α-hetero) is 1. The van der Waals surface area contributed by atoms with E-state index in [1.54, 1.807) is 30.3 Å². The Hall–Kier alpha value is -3.21. The first-order valence-corrected chi connectivity index (χ1v) is 10.3. The van der Waals surface area contributed by atoms with Crippen molar-refractivity contribution in [2.75, 3.05) is 11.5 Å². The molecule has 0 radical (unpaired) electrons. The molecule has 1 saturated heterocycles. The summed E-state index contributed by atoms with van der Waals surface area (Å²) >= 11 is 0. The third kappa shape index (κ3) is 2.80. The largest absolute Gasteiger partial charge is 0.483 e. The molecule has 2 aromatic carbocycles. The topological polar surface area (TPSA) is 63.7 Å². The Morgan fingerprint density at radius 3 is 2.30 bits per heavy atom. The lowest BCUT2D eigenvalue weighted by molar-refractivity contribution is -0.123. The summed E-state index contributed by atoms with van der Waals surface area (Å²) in [5, 5.41) is 0. The molecule has 0 aromatic heterocycles. The Labute approximate surface area is 175 Å². The van der Waals surface area contributed by atoms with Crippen LogP contribution in [0.5, 0.6) is 5.75 Å². The van der Waals surface area contributed by atoms with Crippen LogP contribution in [-0.2, 0) is 9.59 Å². The van der Waals surface area contributed by atoms with Gasteiger partial charge >= 0.3 is 0 Å². The van der Waals surface area contributed by atoms with E-state index in [2.05, 4.69) is 12.2 Å². The monoisotopic (exact) mass is 401 g/mol. The number of amides is 2. The molecule has 2 aromatic rings. The van der Waals surface area contributed by atoms with Crippen LogP contribution in [0.25, 0.3) is 0 Å². The van der Waals surface area contributed by atoms with Crippen molar-refractivity contribution in [3.8, 4) is 5.75 Å². The number of benzene rings is 2. The Bertz CT molecular complexity index is 1070. The van der Waals surface area contributed by atoms with Crippen molar-refractivity contribution in [3.05, 3.63) is 71.3 Å². The molecule has 2 bridgehead atoms. The molecule has 5 rings (SSSR count). The number of allylic oxidation sites excluding steroid dienone is 2. The number of carbonyl (C=O) groups excluding carboxylic acids is 3. The second kappa shape index (κ2) is 6.94. The van der Waals surface area contributed by atoms with Gasteiger partial charge in [-0.15, -0.1) is 0 Å². The first-order valence-electron chi connectivity index (χ1n) is 10.3. The summed E-state index contributed by atoms with van der Waals surface area (Å²) in [6.07, 6.45) is 5.04. The number of rotatable bonds is 5. The molecule has 4 atom stereocenters. The molecule has 5 heteroatoms. The summed E-state index contributed by atoms with van der Waals surface area (Å²) in [5.41, 5.74) is 3.18. The van der Waals surface area contributed by atoms with Gasteiger partial charge in [-0.05, 0) is 61.4 Å². The summed E-state index contributed by atoms with van der Waals surface area (Å²) in [5.74, 6) is -0.309. The van der Waals surface area contributed by atoms with Crippen LogP contribution in [0.2, 0.25) is 0 Å². The number of ketones is 1. The maximum atomic E-state index is 13.1. The maximum absolute atomic E-state index is 13.1. The van der Waals surface area contributed by atoms with E-state index in [0.29, 0.717) is 17.0 Å². The lowest BCUT2D eigenvalue weighted by Gasteiger charge is -2.20. The van der Waals surface area contributed by atoms with Gasteiger partial charge in [0, 0.05) is 5.56 Å². The molecule has 152 valence electrons. The summed E-state index contributed by atoms with van der Waals surface area (Å²) < 4.78 is 5.81. The molecule has 5 nitrogen and oxygen atoms in total. The van der Waals surface area contributed by atoms with Crippen molar-refractivity contribution in [1.29, 1.82) is 0 Å². The third-order valence-corrected chi connectivity index (χ3v) is 6.76. The van der Waals surface area contributed by atoms with Crippen LogP contribution in [0.4, 0.5) is 5.69 Å². The molecule has 30 heavy (non-hydrogen) atoms. The van der Waals surface area contributed by atoms with Crippen molar-refractivity contribution in [2.24, 2.45) is 23.7 Å². The van der Waals surface area contributed by atoms with Gasteiger partial charge in [0.15, 0.2) is 12.4 Å². The second-order valence-electron chi connectivity index (χ2n) is 8.49. The fourth-order valence-corrected chi connectivity index (χ4v) is 5.05. The van der Waals surface area contributed by atoms with Crippen molar-refractivity contribution in [3.63, 3.8) is 0 Å². The SMILES string of the molecule is Cc1ccc(C(=O)COc2ccccc2N2C(=O)[C@H]3[C@H](C2=O)[C@H]2C=C[C@H]3C2)cc1C. The van der Waals surface area contributed by atoms with Crippen LogP contribution in [0.15, 0.2) is 54.6 Å². The van der Waals surface area contributed by atoms with Crippen LogP contribution in [0.3, 0.4) is 0 Å². The van der Waals surface area contributed by atoms with Gasteiger partial charge in [0.05, 0.1) is 17.5 Å². The van der Waals surface area contributed by atoms with Crippen LogP contribution in [-0.4, -0.2) is 24.2 Å². The molecule has 2 aliphatic carbocycles. The van der Waals surface area contributed by atoms with Crippen LogP contribution in [0, 0.1) is 37.5 Å². The number of ether oxygens (including phenoxy) is 1. The van der Waals surface area contributed by atoms with E-state index in [9.17, 15) is 14.4 Å². The molecular formula is C25H23NO4. The molecule has 3 aliphatic rings. The second-order valence-corrected chi connectivity index (χ2v) is 8.49. The maximum Gasteiger partial charge on any atom is 0.238 e. The predicted molar refractivity (Wildman–Crippen MR) is 112 cm³/mol. The zero-order chi connectivity index (χ0) is 21.0. The van der Waals surface area contributed by atoms with Crippen LogP contribution in [0.1, 0.15) is 27.9 Å². The molecule has 0 N–H and O–H groups in total. The fraction of sp³-hybridized carbons (Fsp3) is 0.320. The number of hydrogen-bond donors (Lipinski definition) is 0. The molecule has 1 saturated carbocycles. The molecule has 1 heterocycles. The Balaban J connectivity index is 1.37. The van der Waals surface area contributed by atoms with E-state index < -0.39 is 0 Å². The zero-order valence-corrected chi connectivity index (χ0v) is 17.0. The number of imide groups is 1. The minimum atomic E-state index is -0.266. The number of hydrogen-bond acceptors (Lipinski definition) is 4. The Morgan fingerprint density at radius 2 is 1.63 bits per heavy atom. The van der Waals surface area contributed by atoms with E-state index in [-0.39, 0.29) is 47.9 Å². The van der Waals surface area contributed by atoms with Gasteiger partial charge < -0.3 is 4.74 Å². The lowest BCUT2D eigenvalue weighted by Crippen LogP contribution is -2.33. The van der Waals surface area contributed by atoms with E-state index in [4.69, 9.17) is 4.74 Å². The Morgan fingerprint density at radius 1 is 0.967 bits per heavy atom. The minimum absolute atomic E-state index is 0.147. The molecule has 2 fully saturated rings. The van der Waals surface area contributed by atoms with E-state index >= 15 is 0 Å². The highest BCUT2D eigenvalue weighted by molar-refractivity contribution is 6.23. The zero-order valence-electron chi connectivity index (χ0n) is 17.0. The predicted octanol–water partition coefficient (Wildman–Crippen LogP) is 3.88. The number of para-hydroxylation sites is 2. The van der Waals surface area contributed by atoms with Gasteiger partial charge in [-0.1, -0.05) is 36.4 Å². The first-order chi connectivity index (χ1) is 14.5. The quantitative estimate of drug-likeness (QED) is 0.433. The minimum Gasteiger partial charge on any atom is -0.483 e. The normalized spacial score (nSPS) is 26.4. The van der Waals surface area contributed by atoms with E-state index in [1.807, 2.05) is 26.0 Å². The van der Waals surface area contributed by atoms with Gasteiger partial charge in [-0.25, -0.2) is 4.90 Å². The number of carbonyl (C=O) groups is 3. The molecule has 2 amide bonds. The highest BCUT2D eigenvalue weighted by atomic mass is 16.5. The fourth-order valence-electron chi connectivity index (χ4n) is 5.05. The van der Waals surface area contributed by atoms with Crippen molar-refractivity contribution in [2.45, 2.75) is 20.3 Å².